The van der Waals surface area contributed by atoms with Crippen molar-refractivity contribution in [2.45, 2.75) is 148 Å². The SMILES string of the molecule is CCCCCCCCCC(CCCCCCCCC[C@H]1C[C@H]1CC1CC1)N(C)C. The van der Waals surface area contributed by atoms with Gasteiger partial charge >= 0.3 is 0 Å². The third-order valence-corrected chi connectivity index (χ3v) is 7.89. The van der Waals surface area contributed by atoms with E-state index in [0.29, 0.717) is 0 Å². The lowest BCUT2D eigenvalue weighted by Crippen LogP contribution is -2.27. The lowest BCUT2D eigenvalue weighted by Gasteiger charge is -2.24. The summed E-state index contributed by atoms with van der Waals surface area (Å²) in [5.41, 5.74) is 0. The van der Waals surface area contributed by atoms with E-state index in [1.807, 2.05) is 0 Å². The first-order valence-corrected chi connectivity index (χ1v) is 13.9. The van der Waals surface area contributed by atoms with Crippen LogP contribution in [0.5, 0.6) is 0 Å². The predicted octanol–water partition coefficient (Wildman–Crippen LogP) is 9.00. The Bertz CT molecular complexity index is 373. The van der Waals surface area contributed by atoms with Gasteiger partial charge in [0.25, 0.3) is 0 Å². The van der Waals surface area contributed by atoms with E-state index in [2.05, 4.69) is 25.9 Å². The van der Waals surface area contributed by atoms with Crippen molar-refractivity contribution in [3.8, 4) is 0 Å². The maximum Gasteiger partial charge on any atom is 0.00891 e. The van der Waals surface area contributed by atoms with Crippen molar-refractivity contribution >= 4 is 0 Å². The molecule has 3 atom stereocenters. The lowest BCUT2D eigenvalue weighted by molar-refractivity contribution is 0.251. The first kappa shape index (κ1) is 25.2. The van der Waals surface area contributed by atoms with Crippen LogP contribution in [-0.2, 0) is 0 Å². The Hall–Kier alpha value is -0.0400. The van der Waals surface area contributed by atoms with Crippen molar-refractivity contribution in [1.82, 2.24) is 4.90 Å². The second kappa shape index (κ2) is 15.7. The highest BCUT2D eigenvalue weighted by atomic mass is 15.1. The number of hydrogen-bond acceptors (Lipinski definition) is 1. The molecule has 1 unspecified atom stereocenters. The zero-order chi connectivity index (χ0) is 20.7. The average Bonchev–Trinajstić information content (AvgIpc) is 3.63. The molecule has 0 aliphatic heterocycles. The van der Waals surface area contributed by atoms with Crippen molar-refractivity contribution in [3.63, 3.8) is 0 Å². The molecule has 2 rings (SSSR count). The van der Waals surface area contributed by atoms with Gasteiger partial charge in [-0.3, -0.25) is 0 Å². The Morgan fingerprint density at radius 3 is 1.69 bits per heavy atom. The molecular formula is C28H55N. The van der Waals surface area contributed by atoms with Gasteiger partial charge in [0.15, 0.2) is 0 Å². The molecule has 2 aliphatic carbocycles. The maximum absolute atomic E-state index is 2.49. The second-order valence-electron chi connectivity index (χ2n) is 11.0. The number of unbranched alkanes of at least 4 members (excludes halogenated alkanes) is 12. The van der Waals surface area contributed by atoms with Gasteiger partial charge in [0.05, 0.1) is 0 Å². The molecule has 0 aromatic carbocycles. The smallest absolute Gasteiger partial charge is 0.00891 e. The molecule has 0 aromatic rings. The first-order valence-electron chi connectivity index (χ1n) is 13.9. The van der Waals surface area contributed by atoms with Crippen LogP contribution in [-0.4, -0.2) is 25.0 Å². The van der Waals surface area contributed by atoms with Gasteiger partial charge in [-0.2, -0.15) is 0 Å². The summed E-state index contributed by atoms with van der Waals surface area (Å²) < 4.78 is 0. The molecule has 0 radical (unpaired) electrons. The highest BCUT2D eigenvalue weighted by Gasteiger charge is 2.39. The topological polar surface area (TPSA) is 3.24 Å². The van der Waals surface area contributed by atoms with Crippen LogP contribution in [0.3, 0.4) is 0 Å². The Morgan fingerprint density at radius 1 is 0.655 bits per heavy atom. The van der Waals surface area contributed by atoms with Crippen LogP contribution in [0.25, 0.3) is 0 Å². The Morgan fingerprint density at radius 2 is 1.17 bits per heavy atom. The molecule has 0 saturated heterocycles. The van der Waals surface area contributed by atoms with E-state index in [1.54, 1.807) is 32.1 Å². The number of rotatable bonds is 21. The van der Waals surface area contributed by atoms with Gasteiger partial charge in [-0.1, -0.05) is 116 Å². The Labute approximate surface area is 184 Å². The van der Waals surface area contributed by atoms with Crippen LogP contribution in [0.4, 0.5) is 0 Å². The van der Waals surface area contributed by atoms with E-state index in [0.717, 1.165) is 23.8 Å². The van der Waals surface area contributed by atoms with Crippen molar-refractivity contribution in [3.05, 3.63) is 0 Å². The zero-order valence-electron chi connectivity index (χ0n) is 20.6. The summed E-state index contributed by atoms with van der Waals surface area (Å²) in [5, 5.41) is 0. The first-order chi connectivity index (χ1) is 14.2. The van der Waals surface area contributed by atoms with Gasteiger partial charge in [-0.15, -0.1) is 0 Å². The van der Waals surface area contributed by atoms with Crippen LogP contribution in [0.15, 0.2) is 0 Å². The number of hydrogen-bond donors (Lipinski definition) is 0. The fourth-order valence-corrected chi connectivity index (χ4v) is 5.40. The molecule has 0 heterocycles. The quantitative estimate of drug-likeness (QED) is 0.172. The molecule has 0 spiro atoms. The highest BCUT2D eigenvalue weighted by Crippen LogP contribution is 2.50. The van der Waals surface area contributed by atoms with Crippen molar-refractivity contribution in [2.75, 3.05) is 14.1 Å². The van der Waals surface area contributed by atoms with Gasteiger partial charge in [0, 0.05) is 6.04 Å². The van der Waals surface area contributed by atoms with Gasteiger partial charge in [0.2, 0.25) is 0 Å². The normalized spacial score (nSPS) is 22.3. The molecule has 0 amide bonds. The average molecular weight is 406 g/mol. The van der Waals surface area contributed by atoms with E-state index in [-0.39, 0.29) is 0 Å². The Balaban J connectivity index is 1.32. The zero-order valence-corrected chi connectivity index (χ0v) is 20.6. The summed E-state index contributed by atoms with van der Waals surface area (Å²) in [6.07, 6.45) is 31.2. The minimum absolute atomic E-state index is 0.827. The molecule has 2 aliphatic rings. The van der Waals surface area contributed by atoms with E-state index >= 15 is 0 Å². The number of nitrogens with zero attached hydrogens (tertiary/aromatic N) is 1. The highest BCUT2D eigenvalue weighted by molar-refractivity contribution is 4.90. The largest absolute Gasteiger partial charge is 0.306 e. The third-order valence-electron chi connectivity index (χ3n) is 7.89. The van der Waals surface area contributed by atoms with Crippen LogP contribution in [0.1, 0.15) is 142 Å². The van der Waals surface area contributed by atoms with Crippen LogP contribution in [0, 0.1) is 17.8 Å². The molecule has 1 nitrogen and oxygen atoms in total. The molecular weight excluding hydrogens is 350 g/mol. The van der Waals surface area contributed by atoms with Gasteiger partial charge in [-0.25, -0.2) is 0 Å². The summed E-state index contributed by atoms with van der Waals surface area (Å²) in [6, 6.07) is 0.827. The summed E-state index contributed by atoms with van der Waals surface area (Å²) in [4.78, 5) is 2.49. The van der Waals surface area contributed by atoms with Crippen molar-refractivity contribution < 1.29 is 0 Å². The fraction of sp³-hybridized carbons (Fsp3) is 1.00. The van der Waals surface area contributed by atoms with Crippen LogP contribution >= 0.6 is 0 Å². The maximum atomic E-state index is 2.49. The molecule has 1 heteroatoms. The minimum Gasteiger partial charge on any atom is -0.306 e. The lowest BCUT2D eigenvalue weighted by atomic mass is 9.99. The monoisotopic (exact) mass is 405 g/mol. The molecule has 2 fully saturated rings. The van der Waals surface area contributed by atoms with E-state index in [9.17, 15) is 0 Å². The molecule has 172 valence electrons. The standard InChI is InChI=1S/C28H55N/c1-4-5-6-7-9-13-16-19-28(29(2)3)20-17-14-11-8-10-12-15-18-26-24-27(26)23-25-21-22-25/h25-28H,4-24H2,1-3H3/t26-,27+,28?/m0/s1. The van der Waals surface area contributed by atoms with Gasteiger partial charge in [0.1, 0.15) is 0 Å². The molecule has 2 saturated carbocycles. The summed E-state index contributed by atoms with van der Waals surface area (Å²) >= 11 is 0. The molecule has 0 N–H and O–H groups in total. The molecule has 29 heavy (non-hydrogen) atoms. The molecule has 0 aromatic heterocycles. The van der Waals surface area contributed by atoms with Crippen molar-refractivity contribution in [2.24, 2.45) is 17.8 Å². The Kier molecular flexibility index (Phi) is 13.7. The summed E-state index contributed by atoms with van der Waals surface area (Å²) in [7, 11) is 4.59. The van der Waals surface area contributed by atoms with E-state index in [1.165, 1.54) is 103 Å². The molecule has 0 bridgehead atoms. The minimum atomic E-state index is 0.827. The van der Waals surface area contributed by atoms with Crippen molar-refractivity contribution in [1.29, 1.82) is 0 Å². The van der Waals surface area contributed by atoms with Gasteiger partial charge < -0.3 is 4.90 Å². The summed E-state index contributed by atoms with van der Waals surface area (Å²) in [6.45, 7) is 2.31. The van der Waals surface area contributed by atoms with E-state index in [4.69, 9.17) is 0 Å². The predicted molar refractivity (Wildman–Crippen MR) is 131 cm³/mol. The van der Waals surface area contributed by atoms with Crippen LogP contribution in [0.2, 0.25) is 0 Å². The third kappa shape index (κ3) is 13.1. The van der Waals surface area contributed by atoms with E-state index < -0.39 is 0 Å². The van der Waals surface area contributed by atoms with Gasteiger partial charge in [-0.05, 0) is 57.5 Å². The fourth-order valence-electron chi connectivity index (χ4n) is 5.40. The second-order valence-corrected chi connectivity index (χ2v) is 11.0. The van der Waals surface area contributed by atoms with Crippen LogP contribution < -0.4 is 0 Å². The summed E-state index contributed by atoms with van der Waals surface area (Å²) in [5.74, 6) is 3.47.